The molecule has 0 saturated heterocycles. The Morgan fingerprint density at radius 3 is 2.33 bits per heavy atom. The number of carbonyl (C=O) groups excluding carboxylic acids is 2. The van der Waals surface area contributed by atoms with E-state index >= 15 is 0 Å². The Labute approximate surface area is 127 Å². The van der Waals surface area contributed by atoms with Crippen LogP contribution in [0.25, 0.3) is 0 Å². The molecule has 0 aliphatic heterocycles. The lowest BCUT2D eigenvalue weighted by Gasteiger charge is -2.07. The molecule has 21 heavy (non-hydrogen) atoms. The van der Waals surface area contributed by atoms with Crippen molar-refractivity contribution in [2.24, 2.45) is 0 Å². The maximum Gasteiger partial charge on any atom is 0.250 e. The van der Waals surface area contributed by atoms with Crippen LogP contribution >= 0.6 is 0 Å². The number of ketones is 2. The highest BCUT2D eigenvalue weighted by Crippen LogP contribution is 2.04. The molecule has 0 amide bonds. The molecule has 0 fully saturated rings. The van der Waals surface area contributed by atoms with Crippen LogP contribution in [0.3, 0.4) is 0 Å². The van der Waals surface area contributed by atoms with E-state index in [1.807, 2.05) is 13.8 Å². The van der Waals surface area contributed by atoms with Gasteiger partial charge in [0.05, 0.1) is 0 Å². The van der Waals surface area contributed by atoms with Gasteiger partial charge in [-0.05, 0) is 25.8 Å². The number of hydrogen-bond donors (Lipinski definition) is 0. The lowest BCUT2D eigenvalue weighted by Crippen LogP contribution is -2.20. The summed E-state index contributed by atoms with van der Waals surface area (Å²) in [5, 5.41) is 0. The predicted molar refractivity (Wildman–Crippen MR) is 85.8 cm³/mol. The van der Waals surface area contributed by atoms with E-state index in [4.69, 9.17) is 0 Å². The van der Waals surface area contributed by atoms with Crippen molar-refractivity contribution in [3.05, 3.63) is 34.2 Å². The van der Waals surface area contributed by atoms with Crippen molar-refractivity contribution in [2.75, 3.05) is 0 Å². The lowest BCUT2D eigenvalue weighted by molar-refractivity contribution is -0.117. The molecule has 118 valence electrons. The molecule has 0 spiro atoms. The summed E-state index contributed by atoms with van der Waals surface area (Å²) in [5.41, 5.74) is 0.505. The monoisotopic (exact) mass is 293 g/mol. The number of hydrogen-bond acceptors (Lipinski definition) is 3. The van der Waals surface area contributed by atoms with Gasteiger partial charge in [-0.3, -0.25) is 9.59 Å². The molecule has 0 saturated carbocycles. The zero-order valence-corrected chi connectivity index (χ0v) is 13.6. The van der Waals surface area contributed by atoms with Gasteiger partial charge in [-0.2, -0.15) is 0 Å². The number of carbonyl (C=O) groups is 2. The number of nitrogens with zero attached hydrogens (tertiary/aromatic N) is 1. The first-order valence-corrected chi connectivity index (χ1v) is 7.77. The van der Waals surface area contributed by atoms with Crippen LogP contribution < -0.4 is 5.56 Å². The van der Waals surface area contributed by atoms with Gasteiger partial charge < -0.3 is 9.36 Å². The predicted octanol–water partition coefficient (Wildman–Crippen LogP) is 3.62. The molecule has 0 bridgehead atoms. The normalized spacial score (nSPS) is 9.71. The standard InChI is InChI=1S/C15H21NO3.C2H6/c1-3-14(18)13-8-9-15(19)16(11-13)10-6-4-5-7-12(2)17;1-2/h8-9,11H,3-7,10H2,1-2H3;1-2H3. The van der Waals surface area contributed by atoms with Crippen molar-refractivity contribution in [1.29, 1.82) is 0 Å². The van der Waals surface area contributed by atoms with Gasteiger partial charge in [0.1, 0.15) is 5.78 Å². The summed E-state index contributed by atoms with van der Waals surface area (Å²) in [6.45, 7) is 7.99. The van der Waals surface area contributed by atoms with Crippen molar-refractivity contribution < 1.29 is 9.59 Å². The van der Waals surface area contributed by atoms with E-state index in [2.05, 4.69) is 0 Å². The summed E-state index contributed by atoms with van der Waals surface area (Å²) >= 11 is 0. The quantitative estimate of drug-likeness (QED) is 0.543. The Kier molecular flexibility index (Phi) is 10.1. The number of Topliss-reactive ketones (excluding diaryl/α,β-unsaturated/α-hetero) is 2. The molecule has 0 atom stereocenters. The van der Waals surface area contributed by atoms with Gasteiger partial charge in [0.15, 0.2) is 5.78 Å². The minimum absolute atomic E-state index is 0.0466. The molecule has 0 N–H and O–H groups in total. The summed E-state index contributed by atoms with van der Waals surface area (Å²) in [7, 11) is 0. The fourth-order valence-electron chi connectivity index (χ4n) is 1.91. The largest absolute Gasteiger partial charge is 0.315 e. The second-order valence-electron chi connectivity index (χ2n) is 4.74. The highest BCUT2D eigenvalue weighted by molar-refractivity contribution is 5.95. The molecule has 1 aromatic rings. The van der Waals surface area contributed by atoms with E-state index in [1.165, 1.54) is 6.07 Å². The van der Waals surface area contributed by atoms with Crippen LogP contribution in [0.5, 0.6) is 0 Å². The van der Waals surface area contributed by atoms with Crippen LogP contribution in [0.2, 0.25) is 0 Å². The maximum absolute atomic E-state index is 11.7. The molecule has 1 rings (SSSR count). The van der Waals surface area contributed by atoms with Crippen molar-refractivity contribution in [3.63, 3.8) is 0 Å². The third-order valence-corrected chi connectivity index (χ3v) is 3.05. The molecule has 0 unspecified atom stereocenters. The van der Waals surface area contributed by atoms with Gasteiger partial charge >= 0.3 is 0 Å². The highest BCUT2D eigenvalue weighted by atomic mass is 16.1. The van der Waals surface area contributed by atoms with Gasteiger partial charge in [-0.15, -0.1) is 0 Å². The number of unbranched alkanes of at least 4 members (excludes halogenated alkanes) is 2. The molecule has 0 aromatic carbocycles. The summed E-state index contributed by atoms with van der Waals surface area (Å²) in [6.07, 6.45) is 5.30. The van der Waals surface area contributed by atoms with Crippen LogP contribution in [0.1, 0.15) is 70.2 Å². The van der Waals surface area contributed by atoms with Crippen LogP contribution in [-0.4, -0.2) is 16.1 Å². The molecule has 0 aliphatic rings. The van der Waals surface area contributed by atoms with Gasteiger partial charge in [-0.25, -0.2) is 0 Å². The van der Waals surface area contributed by atoms with Crippen molar-refractivity contribution in [3.8, 4) is 0 Å². The van der Waals surface area contributed by atoms with Gasteiger partial charge in [0.2, 0.25) is 0 Å². The minimum atomic E-state index is -0.0841. The summed E-state index contributed by atoms with van der Waals surface area (Å²) < 4.78 is 1.58. The van der Waals surface area contributed by atoms with Crippen molar-refractivity contribution >= 4 is 11.6 Å². The molecule has 1 heterocycles. The fourth-order valence-corrected chi connectivity index (χ4v) is 1.91. The first kappa shape index (κ1) is 19.3. The third-order valence-electron chi connectivity index (χ3n) is 3.05. The fraction of sp³-hybridized carbons (Fsp3) is 0.588. The van der Waals surface area contributed by atoms with Crippen LogP contribution in [-0.2, 0) is 11.3 Å². The van der Waals surface area contributed by atoms with Gasteiger partial charge in [-0.1, -0.05) is 27.2 Å². The number of aromatic nitrogens is 1. The zero-order valence-electron chi connectivity index (χ0n) is 13.6. The Hall–Kier alpha value is -1.71. The van der Waals surface area contributed by atoms with Crippen LogP contribution in [0.15, 0.2) is 23.1 Å². The smallest absolute Gasteiger partial charge is 0.250 e. The number of pyridine rings is 1. The SMILES string of the molecule is CC.CCC(=O)c1ccc(=O)n(CCCCCC(C)=O)c1. The first-order chi connectivity index (χ1) is 10.0. The van der Waals surface area contributed by atoms with Gasteiger partial charge in [0.25, 0.3) is 5.56 Å². The third kappa shape index (κ3) is 7.59. The van der Waals surface area contributed by atoms with E-state index in [0.717, 1.165) is 19.3 Å². The summed E-state index contributed by atoms with van der Waals surface area (Å²) in [4.78, 5) is 34.0. The van der Waals surface area contributed by atoms with Crippen LogP contribution in [0.4, 0.5) is 0 Å². The minimum Gasteiger partial charge on any atom is -0.315 e. The Bertz CT molecular complexity index is 503. The van der Waals surface area contributed by atoms with E-state index < -0.39 is 0 Å². The number of rotatable bonds is 8. The summed E-state index contributed by atoms with van der Waals surface area (Å²) in [5.74, 6) is 0.248. The highest BCUT2D eigenvalue weighted by Gasteiger charge is 2.05. The number of aryl methyl sites for hydroxylation is 1. The van der Waals surface area contributed by atoms with E-state index in [1.54, 1.807) is 30.7 Å². The topological polar surface area (TPSA) is 56.1 Å². The molecule has 0 radical (unpaired) electrons. The summed E-state index contributed by atoms with van der Waals surface area (Å²) in [6, 6.07) is 3.03. The van der Waals surface area contributed by atoms with Crippen molar-refractivity contribution in [2.45, 2.75) is 66.3 Å². The van der Waals surface area contributed by atoms with E-state index in [9.17, 15) is 14.4 Å². The Balaban J connectivity index is 0.00000191. The van der Waals surface area contributed by atoms with Gasteiger partial charge in [0, 0.05) is 37.2 Å². The molecule has 1 aromatic heterocycles. The molecular formula is C17H27NO3. The average molecular weight is 293 g/mol. The van der Waals surface area contributed by atoms with E-state index in [-0.39, 0.29) is 17.1 Å². The lowest BCUT2D eigenvalue weighted by atomic mass is 10.1. The Morgan fingerprint density at radius 2 is 1.76 bits per heavy atom. The van der Waals surface area contributed by atoms with Crippen molar-refractivity contribution in [1.82, 2.24) is 4.57 Å². The maximum atomic E-state index is 11.7. The second-order valence-corrected chi connectivity index (χ2v) is 4.74. The zero-order chi connectivity index (χ0) is 16.3. The molecule has 4 nitrogen and oxygen atoms in total. The average Bonchev–Trinajstić information content (AvgIpc) is 2.49. The molecule has 4 heteroatoms. The molecular weight excluding hydrogens is 266 g/mol. The Morgan fingerprint density at radius 1 is 1.10 bits per heavy atom. The second kappa shape index (κ2) is 11.0. The first-order valence-electron chi connectivity index (χ1n) is 7.77. The van der Waals surface area contributed by atoms with Crippen LogP contribution in [0, 0.1) is 0 Å². The van der Waals surface area contributed by atoms with E-state index in [0.29, 0.717) is 24.9 Å². The molecule has 0 aliphatic carbocycles.